The lowest BCUT2D eigenvalue weighted by Crippen LogP contribution is -2.65. The molecule has 2 saturated heterocycles. The summed E-state index contributed by atoms with van der Waals surface area (Å²) in [5.41, 5.74) is 2.47. The van der Waals surface area contributed by atoms with E-state index in [1.54, 1.807) is 18.9 Å². The lowest BCUT2D eigenvalue weighted by Gasteiger charge is -2.46. The highest BCUT2D eigenvalue weighted by Gasteiger charge is 2.51. The molecule has 0 aromatic heterocycles. The van der Waals surface area contributed by atoms with Crippen molar-refractivity contribution in [3.8, 4) is 0 Å². The number of hydrogen-bond donors (Lipinski definition) is 2. The van der Waals surface area contributed by atoms with Crippen LogP contribution in [-0.4, -0.2) is 96.2 Å². The molecule has 2 N–H and O–H groups in total. The Bertz CT molecular complexity index is 1300. The van der Waals surface area contributed by atoms with Gasteiger partial charge in [0.15, 0.2) is 0 Å². The summed E-state index contributed by atoms with van der Waals surface area (Å²) in [6.07, 6.45) is 1.47. The summed E-state index contributed by atoms with van der Waals surface area (Å²) in [5.74, 6) is -0.441. The summed E-state index contributed by atoms with van der Waals surface area (Å²) in [5, 5.41) is 6.39. The molecule has 10 heteroatoms. The number of likely N-dealkylation sites (N-methyl/N-ethyl adjacent to an activating group) is 1. The molecule has 2 fully saturated rings. The van der Waals surface area contributed by atoms with Crippen LogP contribution in [0, 0.1) is 12.3 Å². The van der Waals surface area contributed by atoms with Crippen molar-refractivity contribution >= 4 is 35.6 Å². The molecule has 9 nitrogen and oxygen atoms in total. The molecule has 42 heavy (non-hydrogen) atoms. The molecule has 3 amide bonds. The number of carbonyl (C=O) groups is 4. The summed E-state index contributed by atoms with van der Waals surface area (Å²) >= 11 is 6.20. The summed E-state index contributed by atoms with van der Waals surface area (Å²) in [4.78, 5) is 57.8. The standard InChI is InChI=1S/C32H42ClN5O4/c1-21-9-11-24(12-10-21)16-26-31(42)36(14-13-23-7-6-8-25(33)15-23)17-28-37(18-29(40)38(26)28)20-32(3,4)27(19-39)35-30(41)22(2)34-5/h6-12,15,19,22,26-28,34H,13-14,16-18,20H2,1-5H3,(H,35,41)/t22-,26-,27+,28+/m0/s1. The monoisotopic (exact) mass is 595 g/mol. The van der Waals surface area contributed by atoms with Crippen LogP contribution in [0.15, 0.2) is 48.5 Å². The zero-order valence-corrected chi connectivity index (χ0v) is 25.9. The predicted octanol–water partition coefficient (Wildman–Crippen LogP) is 2.43. The third kappa shape index (κ3) is 7.19. The summed E-state index contributed by atoms with van der Waals surface area (Å²) < 4.78 is 0. The quantitative estimate of drug-likeness (QED) is 0.366. The van der Waals surface area contributed by atoms with E-state index in [9.17, 15) is 19.2 Å². The maximum atomic E-state index is 13.9. The fraction of sp³-hybridized carbons (Fsp3) is 0.500. The molecule has 4 rings (SSSR count). The van der Waals surface area contributed by atoms with Gasteiger partial charge in [-0.05, 0) is 50.6 Å². The van der Waals surface area contributed by atoms with Gasteiger partial charge in [-0.15, -0.1) is 0 Å². The van der Waals surface area contributed by atoms with Crippen LogP contribution in [0.3, 0.4) is 0 Å². The second-order valence-corrected chi connectivity index (χ2v) is 12.6. The smallest absolute Gasteiger partial charge is 0.245 e. The van der Waals surface area contributed by atoms with E-state index in [4.69, 9.17) is 11.6 Å². The van der Waals surface area contributed by atoms with E-state index >= 15 is 0 Å². The number of nitrogens with zero attached hydrogens (tertiary/aromatic N) is 3. The van der Waals surface area contributed by atoms with Gasteiger partial charge in [0.2, 0.25) is 17.7 Å². The Hall–Kier alpha value is -3.27. The summed E-state index contributed by atoms with van der Waals surface area (Å²) in [6, 6.07) is 13.8. The first-order valence-electron chi connectivity index (χ1n) is 14.5. The second kappa shape index (κ2) is 13.4. The molecule has 0 bridgehead atoms. The topological polar surface area (TPSA) is 102 Å². The van der Waals surface area contributed by atoms with Crippen LogP contribution in [0.5, 0.6) is 0 Å². The molecule has 0 spiro atoms. The van der Waals surface area contributed by atoms with Crippen LogP contribution >= 0.6 is 11.6 Å². The summed E-state index contributed by atoms with van der Waals surface area (Å²) in [6.45, 7) is 8.95. The van der Waals surface area contributed by atoms with E-state index in [1.165, 1.54) is 0 Å². The lowest BCUT2D eigenvalue weighted by molar-refractivity contribution is -0.153. The van der Waals surface area contributed by atoms with Crippen molar-refractivity contribution in [1.29, 1.82) is 0 Å². The number of nitrogens with one attached hydrogen (secondary N) is 2. The van der Waals surface area contributed by atoms with Crippen molar-refractivity contribution in [2.24, 2.45) is 5.41 Å². The largest absolute Gasteiger partial charge is 0.345 e. The molecule has 4 atom stereocenters. The van der Waals surface area contributed by atoms with Crippen molar-refractivity contribution < 1.29 is 19.2 Å². The van der Waals surface area contributed by atoms with Gasteiger partial charge in [-0.2, -0.15) is 0 Å². The van der Waals surface area contributed by atoms with Gasteiger partial charge >= 0.3 is 0 Å². The van der Waals surface area contributed by atoms with E-state index in [2.05, 4.69) is 10.6 Å². The number of rotatable bonds is 12. The van der Waals surface area contributed by atoms with Crippen LogP contribution in [0.2, 0.25) is 5.02 Å². The maximum absolute atomic E-state index is 13.9. The Morgan fingerprint density at radius 3 is 2.50 bits per heavy atom. The highest BCUT2D eigenvalue weighted by Crippen LogP contribution is 2.32. The van der Waals surface area contributed by atoms with E-state index in [0.29, 0.717) is 37.5 Å². The van der Waals surface area contributed by atoms with Gasteiger partial charge in [0.25, 0.3) is 0 Å². The van der Waals surface area contributed by atoms with E-state index < -0.39 is 23.5 Å². The molecule has 0 saturated carbocycles. The van der Waals surface area contributed by atoms with Crippen LogP contribution in [0.25, 0.3) is 0 Å². The predicted molar refractivity (Wildman–Crippen MR) is 163 cm³/mol. The van der Waals surface area contributed by atoms with Crippen molar-refractivity contribution in [3.63, 3.8) is 0 Å². The SMILES string of the molecule is CN[C@@H](C)C(=O)N[C@H](C=O)C(C)(C)CN1CC(=O)N2[C@@H]1CN(CCc1cccc(Cl)c1)C(=O)[C@@H]2Cc1ccc(C)cc1. The minimum Gasteiger partial charge on any atom is -0.345 e. The Balaban J connectivity index is 1.58. The fourth-order valence-corrected chi connectivity index (χ4v) is 6.01. The third-order valence-corrected chi connectivity index (χ3v) is 8.74. The normalized spacial score (nSPS) is 20.8. The molecule has 2 aromatic carbocycles. The van der Waals surface area contributed by atoms with Gasteiger partial charge in [-0.1, -0.05) is 67.4 Å². The number of amides is 3. The number of fused-ring (bicyclic) bond motifs is 1. The average molecular weight is 596 g/mol. The lowest BCUT2D eigenvalue weighted by atomic mass is 9.84. The number of aryl methyl sites for hydroxylation is 1. The van der Waals surface area contributed by atoms with Gasteiger partial charge < -0.3 is 25.2 Å². The van der Waals surface area contributed by atoms with Gasteiger partial charge in [0, 0.05) is 29.9 Å². The third-order valence-electron chi connectivity index (χ3n) is 8.51. The molecule has 0 radical (unpaired) electrons. The minimum absolute atomic E-state index is 0.0672. The Morgan fingerprint density at radius 2 is 1.86 bits per heavy atom. The van der Waals surface area contributed by atoms with Crippen LogP contribution in [-0.2, 0) is 32.0 Å². The number of halogens is 1. The van der Waals surface area contributed by atoms with Gasteiger partial charge in [0.1, 0.15) is 18.5 Å². The van der Waals surface area contributed by atoms with Crippen molar-refractivity contribution in [1.82, 2.24) is 25.3 Å². The Kier molecular flexibility index (Phi) is 10.1. The molecule has 2 heterocycles. The first-order chi connectivity index (χ1) is 19.9. The van der Waals surface area contributed by atoms with Crippen LogP contribution in [0.4, 0.5) is 0 Å². The van der Waals surface area contributed by atoms with E-state index in [-0.39, 0.29) is 30.4 Å². The second-order valence-electron chi connectivity index (χ2n) is 12.2. The van der Waals surface area contributed by atoms with Crippen LogP contribution < -0.4 is 10.6 Å². The number of carbonyl (C=O) groups excluding carboxylic acids is 4. The molecular formula is C32H42ClN5O4. The van der Waals surface area contributed by atoms with Gasteiger partial charge in [-0.25, -0.2) is 0 Å². The van der Waals surface area contributed by atoms with Gasteiger partial charge in [0.05, 0.1) is 25.2 Å². The number of aldehydes is 1. The number of piperazine rings is 1. The molecule has 2 aliphatic rings. The molecule has 2 aliphatic heterocycles. The highest BCUT2D eigenvalue weighted by atomic mass is 35.5. The molecular weight excluding hydrogens is 554 g/mol. The molecule has 226 valence electrons. The van der Waals surface area contributed by atoms with Crippen molar-refractivity contribution in [3.05, 3.63) is 70.2 Å². The maximum Gasteiger partial charge on any atom is 0.245 e. The number of hydrogen-bond acceptors (Lipinski definition) is 6. The molecule has 0 aliphatic carbocycles. The minimum atomic E-state index is -0.752. The summed E-state index contributed by atoms with van der Waals surface area (Å²) in [7, 11) is 1.69. The first-order valence-corrected chi connectivity index (χ1v) is 14.9. The Labute approximate surface area is 253 Å². The Morgan fingerprint density at radius 1 is 1.14 bits per heavy atom. The fourth-order valence-electron chi connectivity index (χ4n) is 5.80. The van der Waals surface area contributed by atoms with E-state index in [1.807, 2.05) is 79.1 Å². The molecule has 2 aromatic rings. The van der Waals surface area contributed by atoms with Crippen molar-refractivity contribution in [2.45, 2.75) is 64.8 Å². The first kappa shape index (κ1) is 31.7. The van der Waals surface area contributed by atoms with Gasteiger partial charge in [-0.3, -0.25) is 19.3 Å². The van der Waals surface area contributed by atoms with Crippen LogP contribution in [0.1, 0.15) is 37.5 Å². The zero-order valence-electron chi connectivity index (χ0n) is 25.1. The molecule has 0 unspecified atom stereocenters. The average Bonchev–Trinajstić information content (AvgIpc) is 3.25. The van der Waals surface area contributed by atoms with E-state index in [0.717, 1.165) is 23.0 Å². The number of benzene rings is 2. The van der Waals surface area contributed by atoms with Crippen molar-refractivity contribution in [2.75, 3.05) is 33.2 Å². The zero-order chi connectivity index (χ0) is 30.6. The highest BCUT2D eigenvalue weighted by molar-refractivity contribution is 6.30.